The number of hydrogen-bond donors (Lipinski definition) is 1. The van der Waals surface area contributed by atoms with Crippen molar-refractivity contribution in [2.75, 3.05) is 0 Å². The second-order valence-corrected chi connectivity index (χ2v) is 4.12. The zero-order chi connectivity index (χ0) is 12.5. The summed E-state index contributed by atoms with van der Waals surface area (Å²) in [6.07, 6.45) is 0. The Morgan fingerprint density at radius 3 is 2.72 bits per heavy atom. The molecule has 4 nitrogen and oxygen atoms in total. The molecule has 88 valence electrons. The van der Waals surface area contributed by atoms with Crippen LogP contribution in [-0.4, -0.2) is 15.0 Å². The molecule has 0 radical (unpaired) electrons. The second kappa shape index (κ2) is 4.07. The van der Waals surface area contributed by atoms with Crippen molar-refractivity contribution in [3.8, 4) is 11.5 Å². The minimum absolute atomic E-state index is 0.160. The summed E-state index contributed by atoms with van der Waals surface area (Å²) in [6.45, 7) is 1.79. The van der Waals surface area contributed by atoms with E-state index in [1.807, 2.05) is 36.4 Å². The molecular weight excluding hydrogens is 226 g/mol. The van der Waals surface area contributed by atoms with Crippen molar-refractivity contribution >= 4 is 10.9 Å². The molecule has 1 N–H and O–H groups in total. The summed E-state index contributed by atoms with van der Waals surface area (Å²) in [4.78, 5) is 22.9. The fourth-order valence-electron chi connectivity index (χ4n) is 1.90. The normalized spacial score (nSPS) is 10.7. The molecule has 1 aromatic carbocycles. The van der Waals surface area contributed by atoms with Crippen molar-refractivity contribution in [2.24, 2.45) is 0 Å². The largest absolute Gasteiger partial charge is 0.305 e. The van der Waals surface area contributed by atoms with Gasteiger partial charge in [0, 0.05) is 17.1 Å². The van der Waals surface area contributed by atoms with E-state index in [4.69, 9.17) is 0 Å². The van der Waals surface area contributed by atoms with Crippen LogP contribution in [0.2, 0.25) is 0 Å². The minimum atomic E-state index is -0.160. The molecule has 0 aliphatic carbocycles. The lowest BCUT2D eigenvalue weighted by atomic mass is 10.2. The number of nitrogens with zero attached hydrogens (tertiary/aromatic N) is 2. The van der Waals surface area contributed by atoms with E-state index in [-0.39, 0.29) is 5.56 Å². The predicted octanol–water partition coefficient (Wildman–Crippen LogP) is 2.29. The van der Waals surface area contributed by atoms with Gasteiger partial charge in [0.2, 0.25) is 0 Å². The molecule has 0 bridgehead atoms. The summed E-state index contributed by atoms with van der Waals surface area (Å²) in [5.41, 5.74) is 2.09. The van der Waals surface area contributed by atoms with Gasteiger partial charge in [-0.15, -0.1) is 0 Å². The first kappa shape index (κ1) is 10.7. The maximum atomic E-state index is 11.4. The van der Waals surface area contributed by atoms with Crippen LogP contribution in [0.1, 0.15) is 5.69 Å². The van der Waals surface area contributed by atoms with Crippen molar-refractivity contribution < 1.29 is 0 Å². The van der Waals surface area contributed by atoms with E-state index < -0.39 is 0 Å². The highest BCUT2D eigenvalue weighted by molar-refractivity contribution is 5.80. The number of rotatable bonds is 1. The number of H-pyrrole nitrogens is 1. The first-order valence-electron chi connectivity index (χ1n) is 5.66. The Morgan fingerprint density at radius 1 is 1.06 bits per heavy atom. The van der Waals surface area contributed by atoms with Crippen LogP contribution in [0.4, 0.5) is 0 Å². The van der Waals surface area contributed by atoms with Crippen LogP contribution in [0.3, 0.4) is 0 Å². The minimum Gasteiger partial charge on any atom is -0.305 e. The lowest BCUT2D eigenvalue weighted by Crippen LogP contribution is -2.09. The number of aromatic amines is 1. The lowest BCUT2D eigenvalue weighted by molar-refractivity contribution is 1.06. The molecule has 18 heavy (non-hydrogen) atoms. The summed E-state index contributed by atoms with van der Waals surface area (Å²) in [5.74, 6) is 0.505. The van der Waals surface area contributed by atoms with Crippen molar-refractivity contribution in [1.29, 1.82) is 0 Å². The number of hydrogen-bond acceptors (Lipinski definition) is 3. The molecule has 3 rings (SSSR count). The fourth-order valence-corrected chi connectivity index (χ4v) is 1.90. The molecule has 3 aromatic rings. The number of nitrogens with one attached hydrogen (secondary N) is 1. The molecule has 0 fully saturated rings. The molecule has 2 aromatic heterocycles. The third-order valence-corrected chi connectivity index (χ3v) is 2.71. The van der Waals surface area contributed by atoms with Gasteiger partial charge in [-0.1, -0.05) is 24.3 Å². The lowest BCUT2D eigenvalue weighted by Gasteiger charge is -2.03. The average molecular weight is 237 g/mol. The summed E-state index contributed by atoms with van der Waals surface area (Å²) < 4.78 is 0. The Labute approximate surface area is 103 Å². The van der Waals surface area contributed by atoms with E-state index in [1.165, 1.54) is 6.07 Å². The SMILES string of the molecule is Cc1cc(=O)[nH]c(-c2ccc3ccccc3n2)n1. The van der Waals surface area contributed by atoms with Gasteiger partial charge in [-0.2, -0.15) is 0 Å². The maximum Gasteiger partial charge on any atom is 0.251 e. The number of aryl methyl sites for hydroxylation is 1. The Morgan fingerprint density at radius 2 is 1.89 bits per heavy atom. The Hall–Kier alpha value is -2.49. The van der Waals surface area contributed by atoms with Crippen LogP contribution >= 0.6 is 0 Å². The summed E-state index contributed by atoms with van der Waals surface area (Å²) >= 11 is 0. The molecule has 4 heteroatoms. The van der Waals surface area contributed by atoms with Gasteiger partial charge in [0.05, 0.1) is 5.52 Å². The van der Waals surface area contributed by atoms with Crippen LogP contribution in [0.5, 0.6) is 0 Å². The first-order valence-corrected chi connectivity index (χ1v) is 5.66. The van der Waals surface area contributed by atoms with Gasteiger partial charge in [0.15, 0.2) is 5.82 Å². The summed E-state index contributed by atoms with van der Waals surface area (Å²) in [6, 6.07) is 13.1. The van der Waals surface area contributed by atoms with Crippen molar-refractivity contribution in [3.63, 3.8) is 0 Å². The van der Waals surface area contributed by atoms with Crippen molar-refractivity contribution in [2.45, 2.75) is 6.92 Å². The van der Waals surface area contributed by atoms with Crippen LogP contribution in [0.15, 0.2) is 47.3 Å². The van der Waals surface area contributed by atoms with Gasteiger partial charge in [-0.25, -0.2) is 9.97 Å². The van der Waals surface area contributed by atoms with Gasteiger partial charge < -0.3 is 4.98 Å². The zero-order valence-corrected chi connectivity index (χ0v) is 9.84. The highest BCUT2D eigenvalue weighted by Gasteiger charge is 2.04. The first-order chi connectivity index (χ1) is 8.72. The van der Waals surface area contributed by atoms with E-state index in [2.05, 4.69) is 15.0 Å². The number of aromatic nitrogens is 3. The zero-order valence-electron chi connectivity index (χ0n) is 9.84. The molecule has 0 saturated heterocycles. The van der Waals surface area contributed by atoms with Crippen LogP contribution in [0.25, 0.3) is 22.4 Å². The molecular formula is C14H11N3O. The Kier molecular flexibility index (Phi) is 2.41. The van der Waals surface area contributed by atoms with Gasteiger partial charge in [0.25, 0.3) is 5.56 Å². The highest BCUT2D eigenvalue weighted by Crippen LogP contribution is 2.17. The topological polar surface area (TPSA) is 58.6 Å². The van der Waals surface area contributed by atoms with Gasteiger partial charge in [-0.05, 0) is 19.1 Å². The van der Waals surface area contributed by atoms with E-state index in [1.54, 1.807) is 6.92 Å². The molecule has 0 amide bonds. The number of para-hydroxylation sites is 1. The van der Waals surface area contributed by atoms with E-state index in [9.17, 15) is 4.79 Å². The molecule has 0 atom stereocenters. The van der Waals surface area contributed by atoms with Crippen molar-refractivity contribution in [1.82, 2.24) is 15.0 Å². The molecule has 0 saturated carbocycles. The standard InChI is InChI=1S/C14H11N3O/c1-9-8-13(18)17-14(15-9)12-7-6-10-4-2-3-5-11(10)16-12/h2-8H,1H3,(H,15,17,18). The highest BCUT2D eigenvalue weighted by atomic mass is 16.1. The monoisotopic (exact) mass is 237 g/mol. The average Bonchev–Trinajstić information content (AvgIpc) is 2.37. The molecule has 0 unspecified atom stereocenters. The molecule has 2 heterocycles. The van der Waals surface area contributed by atoms with Gasteiger partial charge >= 0.3 is 0 Å². The van der Waals surface area contributed by atoms with E-state index in [0.717, 1.165) is 10.9 Å². The van der Waals surface area contributed by atoms with E-state index in [0.29, 0.717) is 17.2 Å². The Balaban J connectivity index is 2.22. The van der Waals surface area contributed by atoms with Gasteiger partial charge in [0.1, 0.15) is 5.69 Å². The predicted molar refractivity (Wildman–Crippen MR) is 70.3 cm³/mol. The Bertz CT molecular complexity index is 777. The molecule has 0 aliphatic heterocycles. The van der Waals surface area contributed by atoms with Crippen LogP contribution in [-0.2, 0) is 0 Å². The summed E-state index contributed by atoms with van der Waals surface area (Å²) in [5, 5.41) is 1.07. The quantitative estimate of drug-likeness (QED) is 0.706. The smallest absolute Gasteiger partial charge is 0.251 e. The maximum absolute atomic E-state index is 11.4. The van der Waals surface area contributed by atoms with E-state index >= 15 is 0 Å². The van der Waals surface area contributed by atoms with Crippen molar-refractivity contribution in [3.05, 3.63) is 58.5 Å². The molecule has 0 spiro atoms. The number of pyridine rings is 1. The number of benzene rings is 1. The third kappa shape index (κ3) is 1.88. The van der Waals surface area contributed by atoms with Gasteiger partial charge in [-0.3, -0.25) is 4.79 Å². The third-order valence-electron chi connectivity index (χ3n) is 2.71. The summed E-state index contributed by atoms with van der Waals surface area (Å²) in [7, 11) is 0. The number of fused-ring (bicyclic) bond motifs is 1. The van der Waals surface area contributed by atoms with Crippen LogP contribution < -0.4 is 5.56 Å². The van der Waals surface area contributed by atoms with Crippen LogP contribution in [0, 0.1) is 6.92 Å². The molecule has 0 aliphatic rings. The fraction of sp³-hybridized carbons (Fsp3) is 0.0714. The second-order valence-electron chi connectivity index (χ2n) is 4.12.